The number of aromatic carboxylic acids is 1. The van der Waals surface area contributed by atoms with Crippen LogP contribution in [0, 0.1) is 11.6 Å². The Kier molecular flexibility index (Phi) is 7.32. The summed E-state index contributed by atoms with van der Waals surface area (Å²) in [4.78, 5) is 24.6. The lowest BCUT2D eigenvalue weighted by Crippen LogP contribution is -2.24. The number of benzene rings is 4. The van der Waals surface area contributed by atoms with Crippen LogP contribution >= 0.6 is 23.2 Å². The maximum atomic E-state index is 14.0. The van der Waals surface area contributed by atoms with Crippen LogP contribution in [0.5, 0.6) is 0 Å². The molecule has 39 heavy (non-hydrogen) atoms. The Morgan fingerprint density at radius 3 is 2.13 bits per heavy atom. The largest absolute Gasteiger partial charge is 0.478 e. The number of halogens is 4. The molecule has 10 heteroatoms. The van der Waals surface area contributed by atoms with Gasteiger partial charge in [-0.3, -0.25) is 9.48 Å². The molecule has 196 valence electrons. The molecule has 0 aliphatic carbocycles. The van der Waals surface area contributed by atoms with E-state index in [0.717, 1.165) is 11.6 Å². The van der Waals surface area contributed by atoms with Crippen molar-refractivity contribution in [3.05, 3.63) is 123 Å². The number of carbonyl (C=O) groups excluding carboxylic acids is 1. The maximum Gasteiger partial charge on any atom is 0.335 e. The van der Waals surface area contributed by atoms with Gasteiger partial charge in [0.2, 0.25) is 0 Å². The number of hydrogen-bond acceptors (Lipinski definition) is 3. The van der Waals surface area contributed by atoms with E-state index in [4.69, 9.17) is 28.3 Å². The van der Waals surface area contributed by atoms with Crippen molar-refractivity contribution < 1.29 is 23.5 Å². The number of aromatic nitrogens is 2. The third-order valence-corrected chi connectivity index (χ3v) is 6.52. The summed E-state index contributed by atoms with van der Waals surface area (Å²) in [6.07, 6.45) is 1.57. The summed E-state index contributed by atoms with van der Waals surface area (Å²) < 4.78 is 29.6. The molecule has 0 saturated heterocycles. The SMILES string of the molecule is O=C(O)c1ccc(CNC(=O)c2cc(-c3cc(F)cc(F)c3)cc3cnn(Cc4cc(Cl)cc(Cl)c4)c23)cc1. The predicted molar refractivity (Wildman–Crippen MR) is 145 cm³/mol. The van der Waals surface area contributed by atoms with Gasteiger partial charge in [-0.25, -0.2) is 13.6 Å². The highest BCUT2D eigenvalue weighted by atomic mass is 35.5. The molecule has 0 aliphatic heterocycles. The molecule has 4 aromatic carbocycles. The number of carbonyl (C=O) groups is 2. The van der Waals surface area contributed by atoms with Crippen LogP contribution in [-0.4, -0.2) is 26.8 Å². The van der Waals surface area contributed by atoms with Crippen LogP contribution in [0.15, 0.2) is 79.0 Å². The Hall–Kier alpha value is -4.27. The van der Waals surface area contributed by atoms with E-state index in [9.17, 15) is 18.4 Å². The van der Waals surface area contributed by atoms with Gasteiger partial charge < -0.3 is 10.4 Å². The van der Waals surface area contributed by atoms with Crippen molar-refractivity contribution in [1.29, 1.82) is 0 Å². The number of fused-ring (bicyclic) bond motifs is 1. The molecule has 5 aromatic rings. The molecule has 0 saturated carbocycles. The van der Waals surface area contributed by atoms with E-state index in [-0.39, 0.29) is 29.8 Å². The monoisotopic (exact) mass is 565 g/mol. The van der Waals surface area contributed by atoms with E-state index in [1.54, 1.807) is 53.3 Å². The van der Waals surface area contributed by atoms with E-state index in [1.165, 1.54) is 24.3 Å². The molecular weight excluding hydrogens is 547 g/mol. The molecule has 0 atom stereocenters. The number of rotatable bonds is 7. The third kappa shape index (κ3) is 5.92. The zero-order chi connectivity index (χ0) is 27.7. The van der Waals surface area contributed by atoms with Crippen molar-refractivity contribution >= 4 is 46.0 Å². The van der Waals surface area contributed by atoms with Gasteiger partial charge >= 0.3 is 5.97 Å². The first-order chi connectivity index (χ1) is 18.7. The quantitative estimate of drug-likeness (QED) is 0.223. The summed E-state index contributed by atoms with van der Waals surface area (Å²) >= 11 is 12.3. The van der Waals surface area contributed by atoms with Gasteiger partial charge in [0.15, 0.2) is 0 Å². The molecule has 1 amide bonds. The molecule has 0 fully saturated rings. The van der Waals surface area contributed by atoms with E-state index < -0.39 is 23.5 Å². The Morgan fingerprint density at radius 1 is 0.846 bits per heavy atom. The average molecular weight is 566 g/mol. The Labute approximate surface area is 231 Å². The van der Waals surface area contributed by atoms with Gasteiger partial charge in [0.25, 0.3) is 5.91 Å². The minimum Gasteiger partial charge on any atom is -0.478 e. The second-order valence-electron chi connectivity index (χ2n) is 8.88. The van der Waals surface area contributed by atoms with Crippen LogP contribution in [0.3, 0.4) is 0 Å². The predicted octanol–water partition coefficient (Wildman–Crippen LogP) is 6.96. The van der Waals surface area contributed by atoms with E-state index >= 15 is 0 Å². The van der Waals surface area contributed by atoms with Crippen LogP contribution in [0.2, 0.25) is 10.0 Å². The van der Waals surface area contributed by atoms with E-state index in [0.29, 0.717) is 32.1 Å². The summed E-state index contributed by atoms with van der Waals surface area (Å²) in [7, 11) is 0. The fourth-order valence-electron chi connectivity index (χ4n) is 4.33. The summed E-state index contributed by atoms with van der Waals surface area (Å²) in [5, 5.41) is 17.9. The van der Waals surface area contributed by atoms with Gasteiger partial charge in [0.05, 0.1) is 29.4 Å². The van der Waals surface area contributed by atoms with Crippen molar-refractivity contribution in [2.75, 3.05) is 0 Å². The number of carboxylic acids is 1. The van der Waals surface area contributed by atoms with Crippen LogP contribution in [0.4, 0.5) is 8.78 Å². The smallest absolute Gasteiger partial charge is 0.335 e. The topological polar surface area (TPSA) is 84.2 Å². The molecule has 0 bridgehead atoms. The minimum absolute atomic E-state index is 0.122. The summed E-state index contributed by atoms with van der Waals surface area (Å²) in [5.74, 6) is -2.98. The highest BCUT2D eigenvalue weighted by Gasteiger charge is 2.18. The zero-order valence-corrected chi connectivity index (χ0v) is 21.6. The first kappa shape index (κ1) is 26.3. The molecule has 1 heterocycles. The fourth-order valence-corrected chi connectivity index (χ4v) is 4.90. The average Bonchev–Trinajstić information content (AvgIpc) is 3.28. The highest BCUT2D eigenvalue weighted by Crippen LogP contribution is 2.30. The van der Waals surface area contributed by atoms with Gasteiger partial charge in [0.1, 0.15) is 11.6 Å². The standard InChI is InChI=1S/C29H19Cl2F2N3O3/c30-22-5-17(6-23(31)11-22)15-36-27-21(14-35-36)7-19(20-8-24(32)12-25(33)9-20)10-26(27)28(37)34-13-16-1-3-18(4-2-16)29(38)39/h1-12,14H,13,15H2,(H,34,37)(H,38,39). The summed E-state index contributed by atoms with van der Waals surface area (Å²) in [6, 6.07) is 17.6. The Balaban J connectivity index is 1.55. The van der Waals surface area contributed by atoms with Crippen LogP contribution in [0.25, 0.3) is 22.0 Å². The minimum atomic E-state index is -1.05. The first-order valence-electron chi connectivity index (χ1n) is 11.7. The van der Waals surface area contributed by atoms with Crippen molar-refractivity contribution in [3.8, 4) is 11.1 Å². The molecule has 0 aliphatic rings. The maximum absolute atomic E-state index is 14.0. The normalized spacial score (nSPS) is 11.1. The Bertz CT molecular complexity index is 1700. The second-order valence-corrected chi connectivity index (χ2v) is 9.76. The molecule has 0 spiro atoms. The molecule has 5 rings (SSSR count). The lowest BCUT2D eigenvalue weighted by atomic mass is 9.99. The lowest BCUT2D eigenvalue weighted by molar-refractivity contribution is 0.0696. The van der Waals surface area contributed by atoms with E-state index in [1.807, 2.05) is 0 Å². The molecular formula is C29H19Cl2F2N3O3. The van der Waals surface area contributed by atoms with Crippen LogP contribution in [0.1, 0.15) is 31.8 Å². The number of carboxylic acid groups (broad SMARTS) is 1. The summed E-state index contributed by atoms with van der Waals surface area (Å²) in [5.41, 5.74) is 3.02. The molecule has 1 aromatic heterocycles. The number of amides is 1. The lowest BCUT2D eigenvalue weighted by Gasteiger charge is -2.13. The van der Waals surface area contributed by atoms with Gasteiger partial charge in [-0.05, 0) is 76.9 Å². The van der Waals surface area contributed by atoms with Gasteiger partial charge in [-0.2, -0.15) is 5.10 Å². The van der Waals surface area contributed by atoms with Crippen molar-refractivity contribution in [2.24, 2.45) is 0 Å². The van der Waals surface area contributed by atoms with Gasteiger partial charge in [0, 0.05) is 28.0 Å². The fraction of sp³-hybridized carbons (Fsp3) is 0.0690. The van der Waals surface area contributed by atoms with Crippen molar-refractivity contribution in [1.82, 2.24) is 15.1 Å². The zero-order valence-electron chi connectivity index (χ0n) is 20.1. The van der Waals surface area contributed by atoms with Crippen molar-refractivity contribution in [3.63, 3.8) is 0 Å². The first-order valence-corrected chi connectivity index (χ1v) is 12.4. The van der Waals surface area contributed by atoms with Gasteiger partial charge in [-0.15, -0.1) is 0 Å². The molecule has 0 unspecified atom stereocenters. The number of nitrogens with zero attached hydrogens (tertiary/aromatic N) is 2. The summed E-state index contributed by atoms with van der Waals surface area (Å²) in [6.45, 7) is 0.381. The molecule has 2 N–H and O–H groups in total. The molecule has 6 nitrogen and oxygen atoms in total. The Morgan fingerprint density at radius 2 is 1.49 bits per heavy atom. The second kappa shape index (κ2) is 10.8. The number of hydrogen-bond donors (Lipinski definition) is 2. The number of nitrogens with one attached hydrogen (secondary N) is 1. The van der Waals surface area contributed by atoms with E-state index in [2.05, 4.69) is 10.4 Å². The van der Waals surface area contributed by atoms with Crippen LogP contribution < -0.4 is 5.32 Å². The molecule has 0 radical (unpaired) electrons. The highest BCUT2D eigenvalue weighted by molar-refractivity contribution is 6.34. The van der Waals surface area contributed by atoms with Crippen LogP contribution in [-0.2, 0) is 13.1 Å². The third-order valence-electron chi connectivity index (χ3n) is 6.08. The van der Waals surface area contributed by atoms with Crippen molar-refractivity contribution in [2.45, 2.75) is 13.1 Å². The van der Waals surface area contributed by atoms with Gasteiger partial charge in [-0.1, -0.05) is 35.3 Å².